The van der Waals surface area contributed by atoms with E-state index in [1.807, 2.05) is 36.6 Å². The van der Waals surface area contributed by atoms with Gasteiger partial charge in [-0.2, -0.15) is 0 Å². The molecule has 2 atom stereocenters. The maximum Gasteiger partial charge on any atom is 0.162 e. The minimum Gasteiger partial charge on any atom is -0.491 e. The van der Waals surface area contributed by atoms with Crippen LogP contribution in [0.1, 0.15) is 24.1 Å². The highest BCUT2D eigenvalue weighted by Gasteiger charge is 2.27. The molecule has 0 saturated carbocycles. The van der Waals surface area contributed by atoms with Crippen molar-refractivity contribution in [1.82, 2.24) is 20.6 Å². The number of aromatic nitrogens is 2. The first-order valence-electron chi connectivity index (χ1n) is 13.3. The quantitative estimate of drug-likeness (QED) is 0.436. The Bertz CT molecular complexity index is 1320. The Morgan fingerprint density at radius 3 is 2.85 bits per heavy atom. The fraction of sp³-hybridized carbons (Fsp3) is 0.414. The SMILES string of the molecule is CNCC(O)COc1cc(Cl)cc(-c2nc(C3=CN=C4C=CC=CC4N3)c(C)c(N(C)C3CCOCC3)n2)c1. The number of rotatable bonds is 9. The first-order valence-corrected chi connectivity index (χ1v) is 13.7. The summed E-state index contributed by atoms with van der Waals surface area (Å²) in [5, 5.41) is 17.1. The Hall–Kier alpha value is -3.24. The molecule has 3 aliphatic rings. The molecule has 1 aromatic heterocycles. The fourth-order valence-corrected chi connectivity index (χ4v) is 5.22. The molecule has 1 saturated heterocycles. The predicted molar refractivity (Wildman–Crippen MR) is 156 cm³/mol. The van der Waals surface area contributed by atoms with Gasteiger partial charge in [0.1, 0.15) is 24.3 Å². The number of nitrogens with zero attached hydrogens (tertiary/aromatic N) is 4. The zero-order valence-electron chi connectivity index (χ0n) is 22.5. The van der Waals surface area contributed by atoms with Crippen LogP contribution in [0.3, 0.4) is 0 Å². The van der Waals surface area contributed by atoms with Crippen LogP contribution < -0.4 is 20.3 Å². The molecule has 1 aliphatic carbocycles. The molecule has 0 spiro atoms. The van der Waals surface area contributed by atoms with Crippen molar-refractivity contribution in [3.05, 3.63) is 65.0 Å². The molecule has 2 aromatic rings. The number of hydrogen-bond acceptors (Lipinski definition) is 9. The summed E-state index contributed by atoms with van der Waals surface area (Å²) < 4.78 is 11.5. The van der Waals surface area contributed by atoms with Crippen molar-refractivity contribution < 1.29 is 14.6 Å². The number of ether oxygens (including phenoxy) is 2. The second kappa shape index (κ2) is 12.3. The standard InChI is InChI=1S/C29H35ClN6O3/c1-18-27(26-16-32-24-6-4-5-7-25(24)33-26)34-28(35-29(18)36(3)21-8-10-38-11-9-21)19-12-20(30)14-23(13-19)39-17-22(37)15-31-2/h4-7,12-14,16,21-22,25,31,33,37H,8-11,15,17H2,1-3H3. The summed E-state index contributed by atoms with van der Waals surface area (Å²) in [5.74, 6) is 1.93. The van der Waals surface area contributed by atoms with Gasteiger partial charge in [-0.05, 0) is 51.1 Å². The molecule has 0 radical (unpaired) electrons. The van der Waals surface area contributed by atoms with Crippen LogP contribution >= 0.6 is 11.6 Å². The van der Waals surface area contributed by atoms with Crippen LogP contribution in [0.2, 0.25) is 5.02 Å². The number of fused-ring (bicyclic) bond motifs is 1. The van der Waals surface area contributed by atoms with Crippen LogP contribution in [0.25, 0.3) is 17.1 Å². The number of likely N-dealkylation sites (N-methyl/N-ethyl adjacent to an activating group) is 1. The molecule has 1 aromatic carbocycles. The van der Waals surface area contributed by atoms with E-state index in [0.29, 0.717) is 29.2 Å². The van der Waals surface area contributed by atoms with Crippen LogP contribution in [0.4, 0.5) is 5.82 Å². The van der Waals surface area contributed by atoms with Gasteiger partial charge in [-0.3, -0.25) is 4.99 Å². The Morgan fingerprint density at radius 2 is 2.05 bits per heavy atom. The Morgan fingerprint density at radius 1 is 1.23 bits per heavy atom. The van der Waals surface area contributed by atoms with Gasteiger partial charge in [0.05, 0.1) is 29.3 Å². The molecular weight excluding hydrogens is 516 g/mol. The third kappa shape index (κ3) is 6.33. The molecule has 0 bridgehead atoms. The van der Waals surface area contributed by atoms with E-state index in [1.54, 1.807) is 13.1 Å². The summed E-state index contributed by atoms with van der Waals surface area (Å²) in [6.07, 6.45) is 11.2. The van der Waals surface area contributed by atoms with E-state index in [1.165, 1.54) is 0 Å². The number of anilines is 1. The Kier molecular flexibility index (Phi) is 8.62. The molecule has 3 N–H and O–H groups in total. The molecule has 39 heavy (non-hydrogen) atoms. The van der Waals surface area contributed by atoms with Gasteiger partial charge in [-0.1, -0.05) is 29.8 Å². The zero-order valence-corrected chi connectivity index (χ0v) is 23.3. The van der Waals surface area contributed by atoms with Crippen molar-refractivity contribution >= 4 is 28.8 Å². The summed E-state index contributed by atoms with van der Waals surface area (Å²) in [6.45, 7) is 4.09. The second-order valence-corrected chi connectivity index (χ2v) is 10.4. The van der Waals surface area contributed by atoms with Gasteiger partial charge in [0.25, 0.3) is 0 Å². The molecule has 206 valence electrons. The average Bonchev–Trinajstić information content (AvgIpc) is 2.96. The topological polar surface area (TPSA) is 104 Å². The first-order chi connectivity index (χ1) is 18.9. The van der Waals surface area contributed by atoms with Gasteiger partial charge in [0, 0.05) is 49.0 Å². The van der Waals surface area contributed by atoms with Gasteiger partial charge in [-0.15, -0.1) is 0 Å². The van der Waals surface area contributed by atoms with Crippen LogP contribution in [0.15, 0.2) is 53.7 Å². The maximum atomic E-state index is 10.1. The molecular formula is C29H35ClN6O3. The molecule has 10 heteroatoms. The van der Waals surface area contributed by atoms with E-state index in [4.69, 9.17) is 36.0 Å². The van der Waals surface area contributed by atoms with Gasteiger partial charge in [0.15, 0.2) is 5.82 Å². The number of halogens is 1. The monoisotopic (exact) mass is 550 g/mol. The number of aliphatic hydroxyl groups is 1. The molecule has 5 rings (SSSR count). The minimum absolute atomic E-state index is 0.0142. The molecule has 3 heterocycles. The fourth-order valence-electron chi connectivity index (χ4n) is 5.00. The minimum atomic E-state index is -0.641. The zero-order chi connectivity index (χ0) is 27.4. The molecule has 9 nitrogen and oxygen atoms in total. The third-order valence-electron chi connectivity index (χ3n) is 7.11. The van der Waals surface area contributed by atoms with E-state index < -0.39 is 6.10 Å². The second-order valence-electron chi connectivity index (χ2n) is 9.96. The predicted octanol–water partition coefficient (Wildman–Crippen LogP) is 3.52. The molecule has 2 unspecified atom stereocenters. The van der Waals surface area contributed by atoms with E-state index >= 15 is 0 Å². The first kappa shape index (κ1) is 27.3. The van der Waals surface area contributed by atoms with Crippen LogP contribution in [-0.2, 0) is 4.74 Å². The summed E-state index contributed by atoms with van der Waals surface area (Å²) in [6, 6.07) is 5.71. The Balaban J connectivity index is 1.55. The van der Waals surface area contributed by atoms with Crippen molar-refractivity contribution in [3.63, 3.8) is 0 Å². The molecule has 2 aliphatic heterocycles. The van der Waals surface area contributed by atoms with Crippen molar-refractivity contribution in [2.45, 2.75) is 38.0 Å². The lowest BCUT2D eigenvalue weighted by molar-refractivity contribution is 0.0853. The maximum absolute atomic E-state index is 10.1. The number of aliphatic hydroxyl groups excluding tert-OH is 1. The average molecular weight is 551 g/mol. The number of benzene rings is 1. The lowest BCUT2D eigenvalue weighted by atomic mass is 10.0. The Labute approximate surface area is 234 Å². The van der Waals surface area contributed by atoms with Crippen molar-refractivity contribution in [1.29, 1.82) is 0 Å². The van der Waals surface area contributed by atoms with Crippen LogP contribution in [-0.4, -0.2) is 79.4 Å². The highest BCUT2D eigenvalue weighted by Crippen LogP contribution is 2.33. The van der Waals surface area contributed by atoms with E-state index in [9.17, 15) is 5.11 Å². The number of hydrogen-bond donors (Lipinski definition) is 3. The van der Waals surface area contributed by atoms with Crippen molar-refractivity contribution in [2.24, 2.45) is 4.99 Å². The lowest BCUT2D eigenvalue weighted by Crippen LogP contribution is -2.38. The summed E-state index contributed by atoms with van der Waals surface area (Å²) in [4.78, 5) is 17.0. The smallest absolute Gasteiger partial charge is 0.162 e. The van der Waals surface area contributed by atoms with Crippen LogP contribution in [0, 0.1) is 6.92 Å². The van der Waals surface area contributed by atoms with Gasteiger partial charge in [0.2, 0.25) is 0 Å². The normalized spacial score (nSPS) is 19.6. The summed E-state index contributed by atoms with van der Waals surface area (Å²) in [5.41, 5.74) is 4.27. The highest BCUT2D eigenvalue weighted by atomic mass is 35.5. The van der Waals surface area contributed by atoms with Crippen LogP contribution in [0.5, 0.6) is 5.75 Å². The van der Waals surface area contributed by atoms with Crippen molar-refractivity contribution in [2.75, 3.05) is 45.4 Å². The largest absolute Gasteiger partial charge is 0.491 e. The van der Waals surface area contributed by atoms with E-state index in [-0.39, 0.29) is 12.6 Å². The highest BCUT2D eigenvalue weighted by molar-refractivity contribution is 6.31. The summed E-state index contributed by atoms with van der Waals surface area (Å²) in [7, 11) is 3.87. The van der Waals surface area contributed by atoms with Gasteiger partial charge >= 0.3 is 0 Å². The molecule has 0 amide bonds. The summed E-state index contributed by atoms with van der Waals surface area (Å²) >= 11 is 6.51. The van der Waals surface area contributed by atoms with E-state index in [2.05, 4.69) is 35.6 Å². The molecule has 1 fully saturated rings. The van der Waals surface area contributed by atoms with E-state index in [0.717, 1.165) is 60.1 Å². The van der Waals surface area contributed by atoms with Gasteiger partial charge in [-0.25, -0.2) is 9.97 Å². The van der Waals surface area contributed by atoms with Gasteiger partial charge < -0.3 is 30.1 Å². The number of allylic oxidation sites excluding steroid dienone is 2. The lowest BCUT2D eigenvalue weighted by Gasteiger charge is -2.34. The number of nitrogens with one attached hydrogen (secondary N) is 2. The number of aliphatic imine (C=N–C) groups is 1. The van der Waals surface area contributed by atoms with Crippen molar-refractivity contribution in [3.8, 4) is 17.1 Å². The third-order valence-corrected chi connectivity index (χ3v) is 7.33.